The molecule has 1 rings (SSSR count). The summed E-state index contributed by atoms with van der Waals surface area (Å²) in [6, 6.07) is 1.97. The van der Waals surface area contributed by atoms with Crippen molar-refractivity contribution >= 4 is 5.78 Å². The molecule has 82 valence electrons. The van der Waals surface area contributed by atoms with Gasteiger partial charge in [-0.05, 0) is 0 Å². The largest absolute Gasteiger partial charge is 0.492 e. The fraction of sp³-hybridized carbons (Fsp3) is 0.600. The van der Waals surface area contributed by atoms with Gasteiger partial charge in [0.1, 0.15) is 0 Å². The van der Waals surface area contributed by atoms with Crippen LogP contribution in [0.2, 0.25) is 0 Å². The molecule has 1 aliphatic carbocycles. The Bertz CT molecular complexity index is 325. The number of hydrogen-bond donors (Lipinski definition) is 0. The molecule has 1 aliphatic rings. The molecule has 0 amide bonds. The molecule has 0 N–H and O–H groups in total. The molecule has 0 heterocycles. The normalized spacial score (nSPS) is 21.0. The predicted molar refractivity (Wildman–Crippen MR) is 50.6 cm³/mol. The zero-order valence-corrected chi connectivity index (χ0v) is 8.94. The van der Waals surface area contributed by atoms with Gasteiger partial charge < -0.3 is 14.2 Å². The van der Waals surface area contributed by atoms with Gasteiger partial charge in [-0.15, -0.1) is 0 Å². The zero-order chi connectivity index (χ0) is 11.4. The number of allylic oxidation sites excluding steroid dienone is 1. The van der Waals surface area contributed by atoms with Crippen molar-refractivity contribution in [3.63, 3.8) is 0 Å². The van der Waals surface area contributed by atoms with Crippen molar-refractivity contribution in [1.82, 2.24) is 0 Å². The Morgan fingerprint density at radius 3 is 2.40 bits per heavy atom. The molecule has 0 aromatic rings. The first-order chi connectivity index (χ1) is 7.19. The van der Waals surface area contributed by atoms with E-state index in [1.807, 2.05) is 6.07 Å². The summed E-state index contributed by atoms with van der Waals surface area (Å²) in [5.74, 6) is -0.424. The van der Waals surface area contributed by atoms with E-state index in [4.69, 9.17) is 19.5 Å². The predicted octanol–water partition coefficient (Wildman–Crippen LogP) is 0.618. The minimum atomic E-state index is -0.587. The van der Waals surface area contributed by atoms with E-state index in [0.717, 1.165) is 0 Å². The first-order valence-electron chi connectivity index (χ1n) is 4.46. The van der Waals surface area contributed by atoms with Crippen LogP contribution in [-0.2, 0) is 19.0 Å². The fourth-order valence-electron chi connectivity index (χ4n) is 1.73. The van der Waals surface area contributed by atoms with Crippen molar-refractivity contribution in [2.45, 2.75) is 12.7 Å². The lowest BCUT2D eigenvalue weighted by Gasteiger charge is -2.19. The van der Waals surface area contributed by atoms with E-state index in [1.165, 1.54) is 21.3 Å². The summed E-state index contributed by atoms with van der Waals surface area (Å²) in [5, 5.41) is 8.94. The van der Waals surface area contributed by atoms with Gasteiger partial charge in [0.2, 0.25) is 0 Å². The van der Waals surface area contributed by atoms with Gasteiger partial charge in [-0.25, -0.2) is 0 Å². The number of ether oxygens (including phenoxy) is 3. The number of nitrogens with zero attached hydrogens (tertiary/aromatic N) is 1. The maximum Gasteiger partial charge on any atom is 0.199 e. The van der Waals surface area contributed by atoms with E-state index >= 15 is 0 Å². The minimum Gasteiger partial charge on any atom is -0.492 e. The average Bonchev–Trinajstić information content (AvgIpc) is 2.56. The van der Waals surface area contributed by atoms with Gasteiger partial charge in [0.15, 0.2) is 17.8 Å². The monoisotopic (exact) mass is 211 g/mol. The molecular formula is C10H13NO4. The smallest absolute Gasteiger partial charge is 0.199 e. The maximum atomic E-state index is 11.5. The highest BCUT2D eigenvalue weighted by Gasteiger charge is 2.39. The molecule has 5 nitrogen and oxygen atoms in total. The van der Waals surface area contributed by atoms with Gasteiger partial charge in [0.05, 0.1) is 24.7 Å². The Labute approximate surface area is 88.2 Å². The number of rotatable bonds is 4. The Morgan fingerprint density at radius 1 is 1.40 bits per heavy atom. The summed E-state index contributed by atoms with van der Waals surface area (Å²) >= 11 is 0. The number of hydrogen-bond acceptors (Lipinski definition) is 5. The summed E-state index contributed by atoms with van der Waals surface area (Å²) in [7, 11) is 4.32. The van der Waals surface area contributed by atoms with E-state index in [9.17, 15) is 4.79 Å². The van der Waals surface area contributed by atoms with Crippen LogP contribution in [0.1, 0.15) is 6.42 Å². The standard InChI is InChI=1S/C10H13NO4/c1-13-9-7(5-11)6(4-8(9)12)10(14-2)15-3/h6,10H,4H2,1-3H3. The molecule has 0 aromatic carbocycles. The van der Waals surface area contributed by atoms with E-state index in [-0.39, 0.29) is 23.9 Å². The summed E-state index contributed by atoms with van der Waals surface area (Å²) in [6.07, 6.45) is -0.394. The van der Waals surface area contributed by atoms with Gasteiger partial charge in [-0.1, -0.05) is 0 Å². The van der Waals surface area contributed by atoms with Crippen LogP contribution >= 0.6 is 0 Å². The molecule has 0 aliphatic heterocycles. The lowest BCUT2D eigenvalue weighted by molar-refractivity contribution is -0.134. The number of ketones is 1. The Balaban J connectivity index is 3.00. The first-order valence-corrected chi connectivity index (χ1v) is 4.46. The van der Waals surface area contributed by atoms with Crippen LogP contribution in [0.25, 0.3) is 0 Å². The van der Waals surface area contributed by atoms with Crippen LogP contribution in [0.15, 0.2) is 11.3 Å². The second-order valence-electron chi connectivity index (χ2n) is 3.13. The number of methoxy groups -OCH3 is 3. The third-order valence-corrected chi connectivity index (χ3v) is 2.39. The third-order valence-electron chi connectivity index (χ3n) is 2.39. The maximum absolute atomic E-state index is 11.5. The van der Waals surface area contributed by atoms with Gasteiger partial charge in [0, 0.05) is 20.6 Å². The lowest BCUT2D eigenvalue weighted by Crippen LogP contribution is -2.24. The van der Waals surface area contributed by atoms with Crippen molar-refractivity contribution < 1.29 is 19.0 Å². The third kappa shape index (κ3) is 2.01. The summed E-state index contributed by atoms with van der Waals surface area (Å²) < 4.78 is 15.0. The van der Waals surface area contributed by atoms with Gasteiger partial charge in [0.25, 0.3) is 0 Å². The lowest BCUT2D eigenvalue weighted by atomic mass is 10.0. The first kappa shape index (κ1) is 11.7. The van der Waals surface area contributed by atoms with E-state index in [2.05, 4.69) is 0 Å². The minimum absolute atomic E-state index is 0.126. The summed E-state index contributed by atoms with van der Waals surface area (Å²) in [6.45, 7) is 0. The number of carbonyl (C=O) groups is 1. The van der Waals surface area contributed by atoms with Crippen LogP contribution in [0.5, 0.6) is 0 Å². The SMILES string of the molecule is COC1=C(C#N)C(C(OC)OC)CC1=O. The van der Waals surface area contributed by atoms with E-state index < -0.39 is 6.29 Å². The summed E-state index contributed by atoms with van der Waals surface area (Å²) in [5.41, 5.74) is 0.302. The molecule has 0 saturated carbocycles. The highest BCUT2D eigenvalue weighted by atomic mass is 16.7. The van der Waals surface area contributed by atoms with Crippen LogP contribution in [0.3, 0.4) is 0 Å². The topological polar surface area (TPSA) is 68.6 Å². The van der Waals surface area contributed by atoms with Gasteiger partial charge in [-0.2, -0.15) is 5.26 Å². The molecule has 0 fully saturated rings. The van der Waals surface area contributed by atoms with Crippen molar-refractivity contribution in [3.8, 4) is 6.07 Å². The van der Waals surface area contributed by atoms with Crippen molar-refractivity contribution in [2.24, 2.45) is 5.92 Å². The number of carbonyl (C=O) groups excluding carboxylic acids is 1. The van der Waals surface area contributed by atoms with Gasteiger partial charge in [-0.3, -0.25) is 4.79 Å². The molecule has 1 unspecified atom stereocenters. The average molecular weight is 211 g/mol. The molecule has 0 spiro atoms. The van der Waals surface area contributed by atoms with Gasteiger partial charge >= 0.3 is 0 Å². The second kappa shape index (κ2) is 4.91. The zero-order valence-electron chi connectivity index (χ0n) is 8.94. The van der Waals surface area contributed by atoms with Crippen LogP contribution in [0, 0.1) is 17.2 Å². The number of nitriles is 1. The Morgan fingerprint density at radius 2 is 2.00 bits per heavy atom. The van der Waals surface area contributed by atoms with E-state index in [0.29, 0.717) is 5.57 Å². The quantitative estimate of drug-likeness (QED) is 0.637. The molecule has 0 aromatic heterocycles. The number of Topliss-reactive ketones (excluding diaryl/α,β-unsaturated/α-hetero) is 1. The molecule has 0 bridgehead atoms. The second-order valence-corrected chi connectivity index (χ2v) is 3.13. The van der Waals surface area contributed by atoms with Crippen LogP contribution in [0.4, 0.5) is 0 Å². The highest BCUT2D eigenvalue weighted by molar-refractivity contribution is 5.98. The molecule has 1 atom stereocenters. The summed E-state index contributed by atoms with van der Waals surface area (Å²) in [4.78, 5) is 11.5. The van der Waals surface area contributed by atoms with Crippen LogP contribution < -0.4 is 0 Å². The molecule has 0 radical (unpaired) electrons. The van der Waals surface area contributed by atoms with Crippen LogP contribution in [-0.4, -0.2) is 33.4 Å². The van der Waals surface area contributed by atoms with E-state index in [1.54, 1.807) is 0 Å². The Hall–Kier alpha value is -1.38. The molecule has 5 heteroatoms. The Kier molecular flexibility index (Phi) is 3.83. The molecule has 15 heavy (non-hydrogen) atoms. The van der Waals surface area contributed by atoms with Crippen molar-refractivity contribution in [2.75, 3.05) is 21.3 Å². The fourth-order valence-corrected chi connectivity index (χ4v) is 1.73. The highest BCUT2D eigenvalue weighted by Crippen LogP contribution is 2.33. The van der Waals surface area contributed by atoms with Crippen molar-refractivity contribution in [1.29, 1.82) is 5.26 Å². The molecule has 0 saturated heterocycles. The van der Waals surface area contributed by atoms with Crippen molar-refractivity contribution in [3.05, 3.63) is 11.3 Å². The molecular weight excluding hydrogens is 198 g/mol.